The average Bonchev–Trinajstić information content (AvgIpc) is 2.84. The number of hydrogen-bond donors (Lipinski definition) is 1. The van der Waals surface area contributed by atoms with Crippen molar-refractivity contribution in [1.29, 1.82) is 0 Å². The molecule has 2 heterocycles. The number of nitrogens with zero attached hydrogens (tertiary/aromatic N) is 3. The summed E-state index contributed by atoms with van der Waals surface area (Å²) in [4.78, 5) is 24.6. The summed E-state index contributed by atoms with van der Waals surface area (Å²) in [5.41, 5.74) is 6.40. The fourth-order valence-corrected chi connectivity index (χ4v) is 4.95. The van der Waals surface area contributed by atoms with Crippen molar-refractivity contribution in [2.75, 3.05) is 36.5 Å². The molecule has 176 valence electrons. The Labute approximate surface area is 205 Å². The molecule has 7 heteroatoms. The number of carbonyl (C=O) groups excluding carboxylic acids is 1. The van der Waals surface area contributed by atoms with Gasteiger partial charge in [0.1, 0.15) is 10.9 Å². The quantitative estimate of drug-likeness (QED) is 0.379. The summed E-state index contributed by atoms with van der Waals surface area (Å²) in [7, 11) is 0. The lowest BCUT2D eigenvalue weighted by Crippen LogP contribution is -2.36. The molecular weight excluding hydrogens is 444 g/mol. The maximum atomic E-state index is 11.7. The van der Waals surface area contributed by atoms with Gasteiger partial charge in [-0.3, -0.25) is 4.79 Å². The molecule has 1 aromatic heterocycles. The molecule has 0 radical (unpaired) electrons. The van der Waals surface area contributed by atoms with Gasteiger partial charge in [-0.05, 0) is 73.4 Å². The van der Waals surface area contributed by atoms with Gasteiger partial charge in [0.25, 0.3) is 0 Å². The van der Waals surface area contributed by atoms with Crippen LogP contribution in [-0.4, -0.2) is 42.2 Å². The van der Waals surface area contributed by atoms with Gasteiger partial charge in [0.15, 0.2) is 0 Å². The Kier molecular flexibility index (Phi) is 7.65. The highest BCUT2D eigenvalue weighted by Gasteiger charge is 2.14. The molecule has 3 aromatic rings. The Morgan fingerprint density at radius 1 is 1.12 bits per heavy atom. The molecule has 4 rings (SSSR count). The molecule has 1 fully saturated rings. The molecule has 1 N–H and O–H groups in total. The van der Waals surface area contributed by atoms with Gasteiger partial charge in [-0.15, -0.1) is 0 Å². The highest BCUT2D eigenvalue weighted by molar-refractivity contribution is 7.99. The third kappa shape index (κ3) is 5.85. The van der Waals surface area contributed by atoms with Gasteiger partial charge in [-0.2, -0.15) is 0 Å². The number of aromatic nitrogens is 2. The normalized spacial score (nSPS) is 13.6. The Morgan fingerprint density at radius 3 is 2.44 bits per heavy atom. The average molecular weight is 475 g/mol. The third-order valence-corrected chi connectivity index (χ3v) is 7.22. The van der Waals surface area contributed by atoms with Crippen LogP contribution < -0.4 is 10.2 Å². The number of rotatable bonds is 7. The van der Waals surface area contributed by atoms with Crippen LogP contribution in [-0.2, 0) is 16.0 Å². The first kappa shape index (κ1) is 24.0. The molecule has 0 bridgehead atoms. The van der Waals surface area contributed by atoms with Crippen LogP contribution in [0.3, 0.4) is 0 Å². The van der Waals surface area contributed by atoms with E-state index in [9.17, 15) is 4.79 Å². The van der Waals surface area contributed by atoms with Gasteiger partial charge in [-0.25, -0.2) is 9.97 Å². The predicted octanol–water partition coefficient (Wildman–Crippen LogP) is 5.10. The van der Waals surface area contributed by atoms with E-state index in [0.29, 0.717) is 6.42 Å². The van der Waals surface area contributed by atoms with Crippen molar-refractivity contribution in [2.45, 2.75) is 37.1 Å². The number of aryl methyl sites for hydroxylation is 3. The number of morpholine rings is 1. The standard InChI is InChI=1S/C27H30N4O2S/c1-5-25(32)29-22-14-18(2)26(19(3)15-22)34-27-20(4)17-28-24(30-27)16-21-6-8-23(9-7-21)31-10-12-33-13-11-31/h5-9,14-15,17H,1,10-13,16H2,2-4H3,(H,29,32). The third-order valence-electron chi connectivity index (χ3n) is 5.76. The van der Waals surface area contributed by atoms with Crippen molar-refractivity contribution in [3.05, 3.63) is 83.3 Å². The van der Waals surface area contributed by atoms with E-state index in [4.69, 9.17) is 9.72 Å². The van der Waals surface area contributed by atoms with Crippen molar-refractivity contribution < 1.29 is 9.53 Å². The van der Waals surface area contributed by atoms with Crippen molar-refractivity contribution in [3.63, 3.8) is 0 Å². The monoisotopic (exact) mass is 474 g/mol. The highest BCUT2D eigenvalue weighted by Crippen LogP contribution is 2.35. The Bertz CT molecular complexity index is 1160. The van der Waals surface area contributed by atoms with Gasteiger partial charge < -0.3 is 15.0 Å². The van der Waals surface area contributed by atoms with Crippen molar-refractivity contribution in [1.82, 2.24) is 9.97 Å². The van der Waals surface area contributed by atoms with E-state index in [0.717, 1.165) is 64.4 Å². The molecule has 1 aliphatic rings. The summed E-state index contributed by atoms with van der Waals surface area (Å²) in [6.07, 6.45) is 3.85. The first-order valence-electron chi connectivity index (χ1n) is 11.4. The van der Waals surface area contributed by atoms with E-state index in [2.05, 4.69) is 46.0 Å². The van der Waals surface area contributed by atoms with E-state index < -0.39 is 0 Å². The number of hydrogen-bond acceptors (Lipinski definition) is 6. The van der Waals surface area contributed by atoms with Crippen LogP contribution in [0.25, 0.3) is 0 Å². The molecule has 0 atom stereocenters. The highest BCUT2D eigenvalue weighted by atomic mass is 32.2. The first-order valence-corrected chi connectivity index (χ1v) is 12.2. The molecule has 0 saturated carbocycles. The molecule has 1 saturated heterocycles. The molecular formula is C27H30N4O2S. The molecule has 1 aliphatic heterocycles. The second-order valence-electron chi connectivity index (χ2n) is 8.45. The SMILES string of the molecule is C=CC(=O)Nc1cc(C)c(Sc2nc(Cc3ccc(N4CCOCC4)cc3)ncc2C)c(C)c1. The second kappa shape index (κ2) is 10.8. The molecule has 0 spiro atoms. The van der Waals surface area contributed by atoms with Gasteiger partial charge in [-0.1, -0.05) is 30.5 Å². The molecule has 0 aliphatic carbocycles. The van der Waals surface area contributed by atoms with E-state index in [-0.39, 0.29) is 5.91 Å². The predicted molar refractivity (Wildman–Crippen MR) is 138 cm³/mol. The lowest BCUT2D eigenvalue weighted by atomic mass is 10.1. The lowest BCUT2D eigenvalue weighted by molar-refractivity contribution is -0.111. The smallest absolute Gasteiger partial charge is 0.247 e. The molecule has 6 nitrogen and oxygen atoms in total. The number of amides is 1. The topological polar surface area (TPSA) is 67.4 Å². The second-order valence-corrected chi connectivity index (χ2v) is 9.45. The van der Waals surface area contributed by atoms with Crippen molar-refractivity contribution in [3.8, 4) is 0 Å². The van der Waals surface area contributed by atoms with E-state index >= 15 is 0 Å². The van der Waals surface area contributed by atoms with Crippen LogP contribution in [0.1, 0.15) is 28.1 Å². The summed E-state index contributed by atoms with van der Waals surface area (Å²) in [5.74, 6) is 0.589. The van der Waals surface area contributed by atoms with Gasteiger partial charge in [0.05, 0.1) is 13.2 Å². The van der Waals surface area contributed by atoms with Gasteiger partial charge in [0.2, 0.25) is 5.91 Å². The zero-order valence-corrected chi connectivity index (χ0v) is 20.7. The van der Waals surface area contributed by atoms with Gasteiger partial charge >= 0.3 is 0 Å². The van der Waals surface area contributed by atoms with E-state index in [1.54, 1.807) is 11.8 Å². The van der Waals surface area contributed by atoms with Crippen LogP contribution in [0.15, 0.2) is 65.2 Å². The Morgan fingerprint density at radius 2 is 1.79 bits per heavy atom. The van der Waals surface area contributed by atoms with Crippen LogP contribution in [0.2, 0.25) is 0 Å². The van der Waals surface area contributed by atoms with Crippen LogP contribution in [0.5, 0.6) is 0 Å². The number of carbonyl (C=O) groups is 1. The maximum Gasteiger partial charge on any atom is 0.247 e. The first-order chi connectivity index (χ1) is 16.4. The van der Waals surface area contributed by atoms with Crippen LogP contribution in [0, 0.1) is 20.8 Å². The zero-order chi connectivity index (χ0) is 24.1. The van der Waals surface area contributed by atoms with Crippen molar-refractivity contribution >= 4 is 29.0 Å². The number of ether oxygens (including phenoxy) is 1. The Balaban J connectivity index is 1.49. The maximum absolute atomic E-state index is 11.7. The summed E-state index contributed by atoms with van der Waals surface area (Å²) >= 11 is 1.64. The van der Waals surface area contributed by atoms with E-state index in [1.807, 2.05) is 39.1 Å². The van der Waals surface area contributed by atoms with Crippen LogP contribution in [0.4, 0.5) is 11.4 Å². The summed E-state index contributed by atoms with van der Waals surface area (Å²) in [6.45, 7) is 13.1. The minimum absolute atomic E-state index is 0.214. The molecule has 2 aromatic carbocycles. The minimum atomic E-state index is -0.214. The molecule has 34 heavy (non-hydrogen) atoms. The lowest BCUT2D eigenvalue weighted by Gasteiger charge is -2.28. The largest absolute Gasteiger partial charge is 0.378 e. The van der Waals surface area contributed by atoms with Gasteiger partial charge in [0, 0.05) is 42.0 Å². The summed E-state index contributed by atoms with van der Waals surface area (Å²) in [5, 5.41) is 3.78. The number of anilines is 2. The number of benzene rings is 2. The summed E-state index contributed by atoms with van der Waals surface area (Å²) in [6, 6.07) is 12.6. The fourth-order valence-electron chi connectivity index (χ4n) is 3.95. The summed E-state index contributed by atoms with van der Waals surface area (Å²) < 4.78 is 5.45. The van der Waals surface area contributed by atoms with Crippen molar-refractivity contribution in [2.24, 2.45) is 0 Å². The molecule has 1 amide bonds. The zero-order valence-electron chi connectivity index (χ0n) is 19.9. The molecule has 0 unspecified atom stereocenters. The Hall–Kier alpha value is -3.16. The minimum Gasteiger partial charge on any atom is -0.378 e. The fraction of sp³-hybridized carbons (Fsp3) is 0.296. The number of nitrogens with one attached hydrogen (secondary N) is 1. The van der Waals surface area contributed by atoms with E-state index in [1.165, 1.54) is 17.3 Å². The van der Waals surface area contributed by atoms with Crippen LogP contribution >= 0.6 is 11.8 Å².